The summed E-state index contributed by atoms with van der Waals surface area (Å²) < 4.78 is -0.552. The highest BCUT2D eigenvalue weighted by Gasteiger charge is 2.41. The van der Waals surface area contributed by atoms with Crippen molar-refractivity contribution in [2.24, 2.45) is 5.92 Å². The Morgan fingerprint density at radius 2 is 0.951 bits per heavy atom. The zero-order valence-electron chi connectivity index (χ0n) is 28.2. The number of aromatic hydroxyl groups is 2. The molecular formula is C38H62O2S. The minimum atomic E-state index is -0.552. The van der Waals surface area contributed by atoms with Gasteiger partial charge >= 0.3 is 0 Å². The third kappa shape index (κ3) is 9.19. The number of hydrogen-bond donors (Lipinski definition) is 3. The van der Waals surface area contributed by atoms with Crippen molar-refractivity contribution in [3.8, 4) is 11.5 Å². The van der Waals surface area contributed by atoms with Gasteiger partial charge in [0.1, 0.15) is 11.5 Å². The van der Waals surface area contributed by atoms with E-state index in [2.05, 4.69) is 81.4 Å². The van der Waals surface area contributed by atoms with Crippen LogP contribution in [-0.2, 0) is 15.6 Å². The van der Waals surface area contributed by atoms with Crippen molar-refractivity contribution in [2.45, 2.75) is 162 Å². The van der Waals surface area contributed by atoms with Crippen LogP contribution in [0.4, 0.5) is 0 Å². The van der Waals surface area contributed by atoms with Crippen LogP contribution in [0.15, 0.2) is 24.3 Å². The summed E-state index contributed by atoms with van der Waals surface area (Å²) in [6, 6.07) is 8.33. The van der Waals surface area contributed by atoms with Crippen molar-refractivity contribution in [2.75, 3.05) is 0 Å². The molecule has 0 fully saturated rings. The summed E-state index contributed by atoms with van der Waals surface area (Å²) in [6.45, 7) is 21.8. The minimum Gasteiger partial charge on any atom is -0.508 e. The first kappa shape index (κ1) is 35.6. The second-order valence-electron chi connectivity index (χ2n) is 14.7. The van der Waals surface area contributed by atoms with Crippen molar-refractivity contribution in [1.82, 2.24) is 0 Å². The largest absolute Gasteiger partial charge is 0.508 e. The van der Waals surface area contributed by atoms with Crippen molar-refractivity contribution in [1.29, 1.82) is 0 Å². The van der Waals surface area contributed by atoms with E-state index in [0.717, 1.165) is 35.1 Å². The van der Waals surface area contributed by atoms with Crippen molar-refractivity contribution in [3.63, 3.8) is 0 Å². The molecule has 0 aliphatic heterocycles. The molecule has 1 atom stereocenters. The molecule has 0 aromatic heterocycles. The second-order valence-corrected chi connectivity index (χ2v) is 15.4. The smallest absolute Gasteiger partial charge is 0.119 e. The van der Waals surface area contributed by atoms with Gasteiger partial charge in [0.05, 0.1) is 4.75 Å². The van der Waals surface area contributed by atoms with E-state index in [9.17, 15) is 10.2 Å². The quantitative estimate of drug-likeness (QED) is 0.144. The van der Waals surface area contributed by atoms with Crippen LogP contribution in [0.1, 0.15) is 166 Å². The third-order valence-electron chi connectivity index (χ3n) is 9.11. The molecule has 0 spiro atoms. The Balaban J connectivity index is 2.49. The van der Waals surface area contributed by atoms with Crippen LogP contribution < -0.4 is 0 Å². The monoisotopic (exact) mass is 582 g/mol. The maximum Gasteiger partial charge on any atom is 0.119 e. The Kier molecular flexibility index (Phi) is 13.2. The number of thiol groups is 1. The lowest BCUT2D eigenvalue weighted by molar-refractivity contribution is 0.368. The van der Waals surface area contributed by atoms with Crippen LogP contribution in [0.2, 0.25) is 0 Å². The highest BCUT2D eigenvalue weighted by molar-refractivity contribution is 7.81. The molecule has 41 heavy (non-hydrogen) atoms. The lowest BCUT2D eigenvalue weighted by Crippen LogP contribution is -2.34. The molecule has 0 aliphatic rings. The Labute approximate surface area is 259 Å². The van der Waals surface area contributed by atoms with Crippen LogP contribution in [0.3, 0.4) is 0 Å². The maximum absolute atomic E-state index is 11.0. The number of phenols is 2. The highest BCUT2D eigenvalue weighted by Crippen LogP contribution is 2.52. The molecule has 0 saturated carbocycles. The normalized spacial score (nSPS) is 13.5. The molecule has 0 saturated heterocycles. The van der Waals surface area contributed by atoms with Gasteiger partial charge in [0, 0.05) is 0 Å². The van der Waals surface area contributed by atoms with Gasteiger partial charge in [0.25, 0.3) is 0 Å². The molecule has 2 nitrogen and oxygen atoms in total. The van der Waals surface area contributed by atoms with Gasteiger partial charge in [-0.1, -0.05) is 126 Å². The first-order chi connectivity index (χ1) is 19.1. The van der Waals surface area contributed by atoms with Gasteiger partial charge in [-0.25, -0.2) is 0 Å². The van der Waals surface area contributed by atoms with Crippen LogP contribution in [0, 0.1) is 19.8 Å². The number of hydrogen-bond acceptors (Lipinski definition) is 3. The van der Waals surface area contributed by atoms with E-state index in [-0.39, 0.29) is 10.8 Å². The SMILES string of the molecule is CCCCCCCCCCCCC(CC)C(S)(c1cc(C(C)(C)C)c(O)cc1C)c1cc(C(C)(C)C)c(O)cc1C. The lowest BCUT2D eigenvalue weighted by Gasteiger charge is -2.41. The fraction of sp³-hybridized carbons (Fsp3) is 0.684. The lowest BCUT2D eigenvalue weighted by atomic mass is 9.70. The molecular weight excluding hydrogens is 520 g/mol. The molecule has 3 heteroatoms. The molecule has 0 amide bonds. The molecule has 0 aliphatic carbocycles. The zero-order valence-corrected chi connectivity index (χ0v) is 29.1. The molecule has 1 unspecified atom stereocenters. The Morgan fingerprint density at radius 3 is 1.29 bits per heavy atom. The summed E-state index contributed by atoms with van der Waals surface area (Å²) in [7, 11) is 0. The first-order valence-corrected chi connectivity index (χ1v) is 16.9. The van der Waals surface area contributed by atoms with E-state index in [4.69, 9.17) is 12.6 Å². The van der Waals surface area contributed by atoms with E-state index in [1.807, 2.05) is 12.1 Å². The summed E-state index contributed by atoms with van der Waals surface area (Å²) in [6.07, 6.45) is 15.4. The van der Waals surface area contributed by atoms with Crippen LogP contribution >= 0.6 is 12.6 Å². The molecule has 2 aromatic rings. The third-order valence-corrected chi connectivity index (χ3v) is 9.96. The van der Waals surface area contributed by atoms with Gasteiger partial charge < -0.3 is 10.2 Å². The van der Waals surface area contributed by atoms with Gasteiger partial charge in [-0.2, -0.15) is 12.6 Å². The number of rotatable bonds is 15. The predicted molar refractivity (Wildman–Crippen MR) is 183 cm³/mol. The van der Waals surface area contributed by atoms with E-state index in [0.29, 0.717) is 17.4 Å². The number of phenolic OH excluding ortho intramolecular Hbond substituents is 2. The minimum absolute atomic E-state index is 0.194. The Hall–Kier alpha value is -1.61. The summed E-state index contributed by atoms with van der Waals surface area (Å²) in [5.41, 5.74) is 6.01. The van der Waals surface area contributed by atoms with E-state index >= 15 is 0 Å². The average Bonchev–Trinajstić information content (AvgIpc) is 2.85. The molecule has 2 rings (SSSR count). The summed E-state index contributed by atoms with van der Waals surface area (Å²) >= 11 is 5.70. The predicted octanol–water partition coefficient (Wildman–Crippen LogP) is 11.8. The van der Waals surface area contributed by atoms with Crippen molar-refractivity contribution >= 4 is 12.6 Å². The standard InChI is InChI=1S/C38H62O2S/c1-11-13-14-15-16-17-18-19-20-21-22-29(12-2)38(41,30-25-32(36(5,6)7)34(39)23-27(30)3)31-26-33(37(8,9)10)35(40)24-28(31)4/h23-26,29,39-41H,11-22H2,1-10H3. The topological polar surface area (TPSA) is 40.5 Å². The first-order valence-electron chi connectivity index (χ1n) is 16.5. The Morgan fingerprint density at radius 1 is 0.585 bits per heavy atom. The molecule has 0 heterocycles. The van der Waals surface area contributed by atoms with Gasteiger partial charge in [0.2, 0.25) is 0 Å². The number of unbranched alkanes of at least 4 members (excludes halogenated alkanes) is 9. The average molecular weight is 583 g/mol. The van der Waals surface area contributed by atoms with E-state index in [1.54, 1.807) is 0 Å². The molecule has 0 radical (unpaired) electrons. The number of benzene rings is 2. The fourth-order valence-electron chi connectivity index (χ4n) is 6.58. The van der Waals surface area contributed by atoms with Crippen LogP contribution in [-0.4, -0.2) is 10.2 Å². The van der Waals surface area contributed by atoms with Crippen LogP contribution in [0.25, 0.3) is 0 Å². The maximum atomic E-state index is 11.0. The molecule has 0 bridgehead atoms. The van der Waals surface area contributed by atoms with Gasteiger partial charge in [-0.3, -0.25) is 0 Å². The molecule has 2 aromatic carbocycles. The fourth-order valence-corrected chi connectivity index (χ4v) is 7.37. The van der Waals surface area contributed by atoms with Crippen molar-refractivity contribution < 1.29 is 10.2 Å². The zero-order chi connectivity index (χ0) is 31.0. The Bertz CT molecular complexity index is 1030. The highest BCUT2D eigenvalue weighted by atomic mass is 32.1. The van der Waals surface area contributed by atoms with Crippen LogP contribution in [0.5, 0.6) is 11.5 Å². The van der Waals surface area contributed by atoms with Gasteiger partial charge in [0.15, 0.2) is 0 Å². The number of aryl methyl sites for hydroxylation is 2. The molecule has 2 N–H and O–H groups in total. The van der Waals surface area contributed by atoms with Gasteiger partial charge in [-0.15, -0.1) is 0 Å². The van der Waals surface area contributed by atoms with E-state index < -0.39 is 4.75 Å². The summed E-state index contributed by atoms with van der Waals surface area (Å²) in [5.74, 6) is 1.02. The van der Waals surface area contributed by atoms with E-state index in [1.165, 1.54) is 75.3 Å². The molecule has 232 valence electrons. The summed E-state index contributed by atoms with van der Waals surface area (Å²) in [4.78, 5) is 0. The second kappa shape index (κ2) is 15.2. The summed E-state index contributed by atoms with van der Waals surface area (Å²) in [5, 5.41) is 21.9. The van der Waals surface area contributed by atoms with Crippen molar-refractivity contribution in [3.05, 3.63) is 57.6 Å². The van der Waals surface area contributed by atoms with Gasteiger partial charge in [-0.05, 0) is 94.7 Å².